The van der Waals surface area contributed by atoms with Crippen molar-refractivity contribution in [1.29, 1.82) is 0 Å². The number of rotatable bonds is 6. The van der Waals surface area contributed by atoms with Crippen molar-refractivity contribution in [3.63, 3.8) is 0 Å². The van der Waals surface area contributed by atoms with E-state index in [0.717, 1.165) is 58.4 Å². The summed E-state index contributed by atoms with van der Waals surface area (Å²) in [5, 5.41) is 3.43. The van der Waals surface area contributed by atoms with Crippen LogP contribution in [0.25, 0.3) is 5.57 Å². The van der Waals surface area contributed by atoms with Crippen LogP contribution in [0.4, 0.5) is 0 Å². The Kier molecular flexibility index (Phi) is 6.98. The van der Waals surface area contributed by atoms with Gasteiger partial charge in [-0.1, -0.05) is 48.5 Å². The van der Waals surface area contributed by atoms with Gasteiger partial charge in [0.15, 0.2) is 0 Å². The summed E-state index contributed by atoms with van der Waals surface area (Å²) in [6, 6.07) is 15.6. The zero-order chi connectivity index (χ0) is 20.8. The zero-order valence-corrected chi connectivity index (χ0v) is 18.0. The lowest BCUT2D eigenvalue weighted by Crippen LogP contribution is -2.43. The molecular formula is C26H32N2O2. The monoisotopic (exact) mass is 404 g/mol. The van der Waals surface area contributed by atoms with Crippen molar-refractivity contribution in [2.45, 2.75) is 32.1 Å². The fraction of sp³-hybridized carbons (Fsp3) is 0.423. The average molecular weight is 405 g/mol. The van der Waals surface area contributed by atoms with Crippen LogP contribution < -0.4 is 5.32 Å². The Bertz CT molecular complexity index is 913. The second kappa shape index (κ2) is 10.1. The Balaban J connectivity index is 1.62. The highest BCUT2D eigenvalue weighted by Crippen LogP contribution is 2.34. The highest BCUT2D eigenvalue weighted by molar-refractivity contribution is 5.84. The molecule has 30 heavy (non-hydrogen) atoms. The van der Waals surface area contributed by atoms with Gasteiger partial charge in [0.25, 0.3) is 0 Å². The van der Waals surface area contributed by atoms with E-state index in [9.17, 15) is 4.79 Å². The predicted molar refractivity (Wildman–Crippen MR) is 122 cm³/mol. The summed E-state index contributed by atoms with van der Waals surface area (Å²) >= 11 is 0. The Morgan fingerprint density at radius 3 is 2.63 bits per heavy atom. The highest BCUT2D eigenvalue weighted by Gasteiger charge is 2.19. The van der Waals surface area contributed by atoms with Crippen LogP contribution in [0, 0.1) is 0 Å². The first-order valence-corrected chi connectivity index (χ1v) is 11.1. The lowest BCUT2D eigenvalue weighted by Gasteiger charge is -2.26. The Morgan fingerprint density at radius 2 is 1.83 bits per heavy atom. The molecule has 1 fully saturated rings. The smallest absolute Gasteiger partial charge is 0.305 e. The molecule has 1 saturated heterocycles. The van der Waals surface area contributed by atoms with E-state index in [1.54, 1.807) is 0 Å². The van der Waals surface area contributed by atoms with E-state index in [1.165, 1.54) is 40.5 Å². The molecular weight excluding hydrogens is 372 g/mol. The number of carbonyl (C=O) groups is 1. The number of hydrogen-bond donors (Lipinski definition) is 1. The van der Waals surface area contributed by atoms with Gasteiger partial charge >= 0.3 is 5.97 Å². The van der Waals surface area contributed by atoms with Gasteiger partial charge in [-0.25, -0.2) is 0 Å². The van der Waals surface area contributed by atoms with Crippen molar-refractivity contribution in [3.05, 3.63) is 76.4 Å². The molecule has 2 aromatic rings. The molecule has 0 atom stereocenters. The molecule has 4 rings (SSSR count). The molecule has 1 aliphatic heterocycles. The third kappa shape index (κ3) is 5.00. The molecule has 4 heteroatoms. The van der Waals surface area contributed by atoms with Gasteiger partial charge in [-0.3, -0.25) is 4.79 Å². The summed E-state index contributed by atoms with van der Waals surface area (Å²) in [5.41, 5.74) is 8.09. The first-order chi connectivity index (χ1) is 14.7. The molecule has 158 valence electrons. The summed E-state index contributed by atoms with van der Waals surface area (Å²) in [5.74, 6) is -0.151. The van der Waals surface area contributed by atoms with Crippen molar-refractivity contribution in [3.8, 4) is 0 Å². The minimum absolute atomic E-state index is 0.151. The van der Waals surface area contributed by atoms with E-state index in [2.05, 4.69) is 58.8 Å². The fourth-order valence-electron chi connectivity index (χ4n) is 4.56. The van der Waals surface area contributed by atoms with E-state index < -0.39 is 0 Å². The van der Waals surface area contributed by atoms with Crippen LogP contribution in [-0.2, 0) is 28.8 Å². The molecule has 2 aromatic carbocycles. The topological polar surface area (TPSA) is 41.6 Å². The summed E-state index contributed by atoms with van der Waals surface area (Å²) in [7, 11) is 1.45. The maximum Gasteiger partial charge on any atom is 0.305 e. The molecule has 0 unspecified atom stereocenters. The summed E-state index contributed by atoms with van der Waals surface area (Å²) in [4.78, 5) is 14.2. The minimum atomic E-state index is -0.151. The number of hydrogen-bond acceptors (Lipinski definition) is 4. The van der Waals surface area contributed by atoms with Crippen molar-refractivity contribution in [2.75, 3.05) is 39.8 Å². The molecule has 4 nitrogen and oxygen atoms in total. The van der Waals surface area contributed by atoms with Crippen LogP contribution in [0.3, 0.4) is 0 Å². The normalized spacial score (nSPS) is 17.8. The van der Waals surface area contributed by atoms with Gasteiger partial charge in [0, 0.05) is 39.1 Å². The maximum absolute atomic E-state index is 11.6. The first kappa shape index (κ1) is 20.8. The first-order valence-electron chi connectivity index (χ1n) is 11.1. The van der Waals surface area contributed by atoms with Crippen molar-refractivity contribution in [1.82, 2.24) is 10.2 Å². The largest absolute Gasteiger partial charge is 0.469 e. The quantitative estimate of drug-likeness (QED) is 0.747. The number of ether oxygens (including phenoxy) is 1. The summed E-state index contributed by atoms with van der Waals surface area (Å²) in [6.07, 6.45) is 6.76. The van der Waals surface area contributed by atoms with E-state index in [-0.39, 0.29) is 5.97 Å². The number of nitrogens with zero attached hydrogens (tertiary/aromatic N) is 1. The van der Waals surface area contributed by atoms with Crippen molar-refractivity contribution >= 4 is 11.5 Å². The van der Waals surface area contributed by atoms with Gasteiger partial charge in [-0.2, -0.15) is 0 Å². The number of methoxy groups -OCH3 is 1. The van der Waals surface area contributed by atoms with Crippen LogP contribution in [0.2, 0.25) is 0 Å². The van der Waals surface area contributed by atoms with Crippen LogP contribution in [0.15, 0.2) is 48.5 Å². The molecule has 0 amide bonds. The van der Waals surface area contributed by atoms with Crippen molar-refractivity contribution < 1.29 is 9.53 Å². The average Bonchev–Trinajstić information content (AvgIpc) is 2.95. The number of carbonyl (C=O) groups excluding carboxylic acids is 1. The summed E-state index contributed by atoms with van der Waals surface area (Å²) in [6.45, 7) is 5.55. The molecule has 0 bridgehead atoms. The van der Waals surface area contributed by atoms with Gasteiger partial charge in [-0.05, 0) is 59.1 Å². The number of fused-ring (bicyclic) bond motifs is 2. The number of piperazine rings is 1. The van der Waals surface area contributed by atoms with Crippen LogP contribution in [0.5, 0.6) is 0 Å². The maximum atomic E-state index is 11.6. The van der Waals surface area contributed by atoms with E-state index in [1.807, 2.05) is 0 Å². The third-order valence-corrected chi connectivity index (χ3v) is 6.28. The van der Waals surface area contributed by atoms with Crippen LogP contribution in [-0.4, -0.2) is 50.7 Å². The Morgan fingerprint density at radius 1 is 1.07 bits per heavy atom. The van der Waals surface area contributed by atoms with Gasteiger partial charge in [-0.15, -0.1) is 0 Å². The lowest BCUT2D eigenvalue weighted by atomic mass is 9.91. The molecule has 0 radical (unpaired) electrons. The van der Waals surface area contributed by atoms with Gasteiger partial charge < -0.3 is 15.0 Å². The minimum Gasteiger partial charge on any atom is -0.469 e. The molecule has 2 aliphatic rings. The van der Waals surface area contributed by atoms with E-state index >= 15 is 0 Å². The third-order valence-electron chi connectivity index (χ3n) is 6.28. The molecule has 0 spiro atoms. The number of nitrogens with one attached hydrogen (secondary N) is 1. The molecule has 0 saturated carbocycles. The molecule has 1 aliphatic carbocycles. The second-order valence-electron chi connectivity index (χ2n) is 8.22. The van der Waals surface area contributed by atoms with E-state index in [0.29, 0.717) is 6.42 Å². The number of benzene rings is 2. The molecule has 1 N–H and O–H groups in total. The van der Waals surface area contributed by atoms with Crippen LogP contribution in [0.1, 0.15) is 40.7 Å². The lowest BCUT2D eigenvalue weighted by molar-refractivity contribution is -0.140. The molecule has 1 heterocycles. The van der Waals surface area contributed by atoms with E-state index in [4.69, 9.17) is 4.74 Å². The SMILES string of the molecule is COC(=O)CCc1ccc2c(c1)C(=CCCN1CCNCC1)c1ccccc1CC2. The Hall–Kier alpha value is -2.43. The van der Waals surface area contributed by atoms with Gasteiger partial charge in [0.2, 0.25) is 0 Å². The fourth-order valence-corrected chi connectivity index (χ4v) is 4.56. The molecule has 0 aromatic heterocycles. The predicted octanol–water partition coefficient (Wildman–Crippen LogP) is 3.62. The van der Waals surface area contributed by atoms with Gasteiger partial charge in [0.1, 0.15) is 0 Å². The number of aryl methyl sites for hydroxylation is 3. The van der Waals surface area contributed by atoms with Crippen LogP contribution >= 0.6 is 0 Å². The van der Waals surface area contributed by atoms with Gasteiger partial charge in [0.05, 0.1) is 7.11 Å². The zero-order valence-electron chi connectivity index (χ0n) is 18.0. The number of esters is 1. The Labute approximate surface area is 179 Å². The highest BCUT2D eigenvalue weighted by atomic mass is 16.5. The standard InChI is InChI=1S/C26H32N2O2/c1-30-26(29)13-9-20-8-10-22-12-11-21-5-2-3-6-23(21)24(25(22)19-20)7-4-16-28-17-14-27-15-18-28/h2-3,5-8,10,19,27H,4,9,11-18H2,1H3. The van der Waals surface area contributed by atoms with Crippen molar-refractivity contribution in [2.24, 2.45) is 0 Å². The summed E-state index contributed by atoms with van der Waals surface area (Å²) < 4.78 is 4.82. The second-order valence-corrected chi connectivity index (χ2v) is 8.22.